The quantitative estimate of drug-likeness (QED) is 0.471. The summed E-state index contributed by atoms with van der Waals surface area (Å²) in [5.74, 6) is 0.132. The van der Waals surface area contributed by atoms with Crippen molar-refractivity contribution in [2.45, 2.75) is 6.92 Å². The van der Waals surface area contributed by atoms with Crippen molar-refractivity contribution in [3.05, 3.63) is 71.9 Å². The number of ether oxygens (including phenoxy) is 2. The van der Waals surface area contributed by atoms with Crippen molar-refractivity contribution in [3.63, 3.8) is 0 Å². The van der Waals surface area contributed by atoms with Gasteiger partial charge in [0.05, 0.1) is 35.1 Å². The number of nitrogens with zero attached hydrogens (tertiary/aromatic N) is 4. The van der Waals surface area contributed by atoms with Crippen molar-refractivity contribution >= 4 is 17.0 Å². The van der Waals surface area contributed by atoms with Gasteiger partial charge in [0.25, 0.3) is 0 Å². The van der Waals surface area contributed by atoms with Crippen LogP contribution in [0.2, 0.25) is 0 Å². The summed E-state index contributed by atoms with van der Waals surface area (Å²) in [7, 11) is 1.60. The van der Waals surface area contributed by atoms with Crippen LogP contribution in [0.5, 0.6) is 5.75 Å². The van der Waals surface area contributed by atoms with Crippen molar-refractivity contribution in [2.24, 2.45) is 0 Å². The first-order valence-corrected chi connectivity index (χ1v) is 9.26. The average molecular weight is 398 g/mol. The van der Waals surface area contributed by atoms with Crippen molar-refractivity contribution in [1.82, 2.24) is 14.8 Å². The van der Waals surface area contributed by atoms with Crippen LogP contribution in [0.1, 0.15) is 16.1 Å². The van der Waals surface area contributed by atoms with Gasteiger partial charge in [0.15, 0.2) is 12.3 Å². The van der Waals surface area contributed by atoms with E-state index in [4.69, 9.17) is 19.7 Å². The summed E-state index contributed by atoms with van der Waals surface area (Å²) in [4.78, 5) is 17.5. The number of methoxy groups -OCH3 is 1. The number of nitriles is 1. The molecule has 0 atom stereocenters. The average Bonchev–Trinajstić information content (AvgIpc) is 3.14. The minimum Gasteiger partial charge on any atom is -0.497 e. The van der Waals surface area contributed by atoms with Crippen molar-refractivity contribution < 1.29 is 14.3 Å². The molecule has 148 valence electrons. The predicted octanol–water partition coefficient (Wildman–Crippen LogP) is 4.08. The molecule has 2 aromatic carbocycles. The van der Waals surface area contributed by atoms with E-state index < -0.39 is 5.97 Å². The molecule has 0 amide bonds. The summed E-state index contributed by atoms with van der Waals surface area (Å²) in [6.07, 6.45) is 0. The van der Waals surface area contributed by atoms with Crippen LogP contribution in [-0.2, 0) is 4.74 Å². The molecule has 0 bridgehead atoms. The Hall–Kier alpha value is -4.18. The first-order valence-electron chi connectivity index (χ1n) is 9.26. The fraction of sp³-hybridized carbons (Fsp3) is 0.130. The number of hydrogen-bond donors (Lipinski definition) is 0. The van der Waals surface area contributed by atoms with Crippen LogP contribution in [0.3, 0.4) is 0 Å². The van der Waals surface area contributed by atoms with E-state index >= 15 is 0 Å². The molecule has 4 rings (SSSR count). The number of pyridine rings is 1. The highest BCUT2D eigenvalue weighted by Crippen LogP contribution is 2.30. The molecule has 7 nitrogen and oxygen atoms in total. The van der Waals surface area contributed by atoms with E-state index in [-0.39, 0.29) is 6.61 Å². The van der Waals surface area contributed by atoms with Crippen LogP contribution in [0.25, 0.3) is 28.0 Å². The molecule has 0 aliphatic carbocycles. The Morgan fingerprint density at radius 3 is 2.53 bits per heavy atom. The molecule has 0 saturated carbocycles. The van der Waals surface area contributed by atoms with Gasteiger partial charge in [0.2, 0.25) is 0 Å². The maximum absolute atomic E-state index is 12.7. The molecule has 0 spiro atoms. The third-order valence-corrected chi connectivity index (χ3v) is 4.69. The second kappa shape index (κ2) is 8.05. The van der Waals surface area contributed by atoms with Gasteiger partial charge in [0.1, 0.15) is 11.8 Å². The summed E-state index contributed by atoms with van der Waals surface area (Å²) < 4.78 is 12.0. The fourth-order valence-electron chi connectivity index (χ4n) is 3.28. The third kappa shape index (κ3) is 3.47. The molecule has 2 aromatic heterocycles. The largest absolute Gasteiger partial charge is 0.497 e. The molecule has 0 aliphatic heterocycles. The highest BCUT2D eigenvalue weighted by molar-refractivity contribution is 6.05. The molecule has 0 unspecified atom stereocenters. The molecule has 4 aromatic rings. The maximum Gasteiger partial charge on any atom is 0.340 e. The van der Waals surface area contributed by atoms with Crippen LogP contribution in [-0.4, -0.2) is 34.5 Å². The molecular weight excluding hydrogens is 380 g/mol. The SMILES string of the molecule is COc1ccc(-c2cc(C(=O)OCC#N)c3c(C)nn(-c4ccccc4)c3n2)cc1. The number of rotatable bonds is 5. The van der Waals surface area contributed by atoms with Crippen LogP contribution in [0.15, 0.2) is 60.7 Å². The number of aryl methyl sites for hydroxylation is 1. The smallest absolute Gasteiger partial charge is 0.340 e. The zero-order valence-electron chi connectivity index (χ0n) is 16.5. The fourth-order valence-corrected chi connectivity index (χ4v) is 3.28. The van der Waals surface area contributed by atoms with Gasteiger partial charge in [-0.25, -0.2) is 14.5 Å². The summed E-state index contributed by atoms with van der Waals surface area (Å²) in [6.45, 7) is 1.49. The predicted molar refractivity (Wildman–Crippen MR) is 111 cm³/mol. The van der Waals surface area contributed by atoms with E-state index in [1.54, 1.807) is 17.9 Å². The first-order chi connectivity index (χ1) is 14.6. The Labute approximate surface area is 173 Å². The van der Waals surface area contributed by atoms with Gasteiger partial charge < -0.3 is 9.47 Å². The number of carbonyl (C=O) groups is 1. The van der Waals surface area contributed by atoms with E-state index in [1.807, 2.05) is 67.6 Å². The van der Waals surface area contributed by atoms with E-state index in [0.29, 0.717) is 28.0 Å². The molecule has 7 heteroatoms. The lowest BCUT2D eigenvalue weighted by Gasteiger charge is -2.09. The minimum absolute atomic E-state index is 0.320. The van der Waals surface area contributed by atoms with Crippen LogP contribution < -0.4 is 4.74 Å². The number of hydrogen-bond acceptors (Lipinski definition) is 6. The van der Waals surface area contributed by atoms with Gasteiger partial charge in [-0.15, -0.1) is 0 Å². The van der Waals surface area contributed by atoms with Crippen molar-refractivity contribution in [1.29, 1.82) is 5.26 Å². The summed E-state index contributed by atoms with van der Waals surface area (Å²) in [6, 6.07) is 20.5. The monoisotopic (exact) mass is 398 g/mol. The van der Waals surface area contributed by atoms with Gasteiger partial charge in [-0.2, -0.15) is 10.4 Å². The van der Waals surface area contributed by atoms with Gasteiger partial charge in [0, 0.05) is 5.56 Å². The molecular formula is C23H18N4O3. The zero-order valence-corrected chi connectivity index (χ0v) is 16.5. The second-order valence-electron chi connectivity index (χ2n) is 6.55. The number of carbonyl (C=O) groups excluding carboxylic acids is 1. The number of fused-ring (bicyclic) bond motifs is 1. The van der Waals surface area contributed by atoms with E-state index in [1.165, 1.54) is 0 Å². The van der Waals surface area contributed by atoms with Gasteiger partial charge in [-0.1, -0.05) is 18.2 Å². The maximum atomic E-state index is 12.7. The summed E-state index contributed by atoms with van der Waals surface area (Å²) >= 11 is 0. The molecule has 2 heterocycles. The van der Waals surface area contributed by atoms with E-state index in [2.05, 4.69) is 5.10 Å². The normalized spacial score (nSPS) is 10.6. The number of para-hydroxylation sites is 1. The number of benzene rings is 2. The van der Waals surface area contributed by atoms with E-state index in [0.717, 1.165) is 17.0 Å². The molecule has 0 N–H and O–H groups in total. The van der Waals surface area contributed by atoms with Crippen LogP contribution >= 0.6 is 0 Å². The van der Waals surface area contributed by atoms with Crippen molar-refractivity contribution in [2.75, 3.05) is 13.7 Å². The third-order valence-electron chi connectivity index (χ3n) is 4.69. The standard InChI is InChI=1S/C23H18N4O3/c1-15-21-19(23(28)30-13-12-24)14-20(16-8-10-18(29-2)11-9-16)25-22(21)27(26-15)17-6-4-3-5-7-17/h3-11,14H,13H2,1-2H3. The lowest BCUT2D eigenvalue weighted by molar-refractivity contribution is 0.0557. The lowest BCUT2D eigenvalue weighted by Crippen LogP contribution is -2.08. The number of esters is 1. The summed E-state index contributed by atoms with van der Waals surface area (Å²) in [5, 5.41) is 14.0. The second-order valence-corrected chi connectivity index (χ2v) is 6.55. The van der Waals surface area contributed by atoms with E-state index in [9.17, 15) is 4.79 Å². The Balaban J connectivity index is 1.96. The van der Waals surface area contributed by atoms with Crippen molar-refractivity contribution in [3.8, 4) is 28.8 Å². The van der Waals surface area contributed by atoms with Gasteiger partial charge in [-0.3, -0.25) is 0 Å². The highest BCUT2D eigenvalue weighted by atomic mass is 16.5. The molecule has 0 saturated heterocycles. The Bertz CT molecular complexity index is 1260. The summed E-state index contributed by atoms with van der Waals surface area (Å²) in [5.41, 5.74) is 3.73. The topological polar surface area (TPSA) is 90.0 Å². The minimum atomic E-state index is -0.588. The first kappa shape index (κ1) is 19.2. The lowest BCUT2D eigenvalue weighted by atomic mass is 10.1. The molecule has 30 heavy (non-hydrogen) atoms. The Morgan fingerprint density at radius 1 is 1.13 bits per heavy atom. The molecule has 0 radical (unpaired) electrons. The molecule has 0 fully saturated rings. The zero-order chi connectivity index (χ0) is 21.1. The highest BCUT2D eigenvalue weighted by Gasteiger charge is 2.21. The Morgan fingerprint density at radius 2 is 1.87 bits per heavy atom. The Kier molecular flexibility index (Phi) is 5.14. The van der Waals surface area contributed by atoms with Crippen LogP contribution in [0.4, 0.5) is 0 Å². The van der Waals surface area contributed by atoms with Crippen LogP contribution in [0, 0.1) is 18.3 Å². The number of aromatic nitrogens is 3. The van der Waals surface area contributed by atoms with Gasteiger partial charge in [-0.05, 0) is 49.4 Å². The van der Waals surface area contributed by atoms with Gasteiger partial charge >= 0.3 is 5.97 Å². The molecule has 0 aliphatic rings.